The van der Waals surface area contributed by atoms with Crippen LogP contribution in [0.5, 0.6) is 0 Å². The molecule has 0 saturated carbocycles. The van der Waals surface area contributed by atoms with Gasteiger partial charge in [-0.05, 0) is 24.6 Å². The maximum atomic E-state index is 12.3. The van der Waals surface area contributed by atoms with Gasteiger partial charge in [0.2, 0.25) is 5.91 Å². The van der Waals surface area contributed by atoms with E-state index in [9.17, 15) is 14.4 Å². The van der Waals surface area contributed by atoms with Gasteiger partial charge in [0, 0.05) is 12.8 Å². The number of carbonyl (C=O) groups excluding carboxylic acids is 3. The second-order valence-corrected chi connectivity index (χ2v) is 6.64. The normalized spacial score (nSPS) is 14.2. The lowest BCUT2D eigenvalue weighted by atomic mass is 10.1. The fourth-order valence-corrected chi connectivity index (χ4v) is 2.92. The summed E-state index contributed by atoms with van der Waals surface area (Å²) in [5.41, 5.74) is 1.83. The average molecular weight is 397 g/mol. The van der Waals surface area contributed by atoms with E-state index < -0.39 is 18.5 Å². The maximum Gasteiger partial charge on any atom is 0.306 e. The van der Waals surface area contributed by atoms with Gasteiger partial charge in [0.05, 0.1) is 31.0 Å². The molecule has 0 radical (unpaired) electrons. The van der Waals surface area contributed by atoms with Crippen LogP contribution in [0.2, 0.25) is 0 Å². The third kappa shape index (κ3) is 5.78. The molecule has 8 heteroatoms. The molecule has 1 unspecified atom stereocenters. The largest absolute Gasteiger partial charge is 0.467 e. The van der Waals surface area contributed by atoms with Crippen LogP contribution >= 0.6 is 0 Å². The lowest BCUT2D eigenvalue weighted by molar-refractivity contribution is -0.150. The fraction of sp³-hybridized carbons (Fsp3) is 0.333. The van der Waals surface area contributed by atoms with E-state index in [2.05, 4.69) is 10.4 Å². The summed E-state index contributed by atoms with van der Waals surface area (Å²) < 4.78 is 10.1. The quantitative estimate of drug-likeness (QED) is 0.690. The number of esters is 1. The van der Waals surface area contributed by atoms with E-state index in [0.717, 1.165) is 11.3 Å². The Morgan fingerprint density at radius 1 is 1.17 bits per heavy atom. The molecule has 1 aromatic heterocycles. The van der Waals surface area contributed by atoms with Crippen molar-refractivity contribution in [2.75, 3.05) is 13.2 Å². The molecule has 1 aliphatic rings. The predicted octanol–water partition coefficient (Wildman–Crippen LogP) is 2.42. The van der Waals surface area contributed by atoms with Crippen LogP contribution in [0.15, 0.2) is 58.2 Å². The SMILES string of the molecule is CC(NC(=O)COC(=O)CCC(=O)N1CCC(c2ccccc2)=N1)c1ccco1. The number of amides is 2. The Balaban J connectivity index is 1.37. The lowest BCUT2D eigenvalue weighted by Crippen LogP contribution is -2.31. The molecule has 0 aliphatic carbocycles. The van der Waals surface area contributed by atoms with E-state index in [-0.39, 0.29) is 24.8 Å². The first-order valence-corrected chi connectivity index (χ1v) is 9.44. The zero-order valence-corrected chi connectivity index (χ0v) is 16.2. The number of rotatable bonds is 8. The molecule has 152 valence electrons. The Morgan fingerprint density at radius 3 is 2.69 bits per heavy atom. The monoisotopic (exact) mass is 397 g/mol. The minimum atomic E-state index is -0.606. The minimum Gasteiger partial charge on any atom is -0.467 e. The summed E-state index contributed by atoms with van der Waals surface area (Å²) in [5, 5.41) is 8.39. The van der Waals surface area contributed by atoms with Crippen molar-refractivity contribution in [3.05, 3.63) is 60.1 Å². The molecule has 3 rings (SSSR count). The van der Waals surface area contributed by atoms with Crippen molar-refractivity contribution in [2.24, 2.45) is 5.10 Å². The maximum absolute atomic E-state index is 12.3. The van der Waals surface area contributed by atoms with E-state index >= 15 is 0 Å². The Labute approximate surface area is 168 Å². The molecule has 0 bridgehead atoms. The van der Waals surface area contributed by atoms with Crippen LogP contribution in [0.4, 0.5) is 0 Å². The second-order valence-electron chi connectivity index (χ2n) is 6.64. The van der Waals surface area contributed by atoms with Crippen LogP contribution in [-0.4, -0.2) is 41.7 Å². The molecule has 2 heterocycles. The highest BCUT2D eigenvalue weighted by molar-refractivity contribution is 6.02. The predicted molar refractivity (Wildman–Crippen MR) is 105 cm³/mol. The second kappa shape index (κ2) is 9.68. The van der Waals surface area contributed by atoms with Crippen LogP contribution < -0.4 is 5.32 Å². The molecule has 0 spiro atoms. The van der Waals surface area contributed by atoms with Crippen LogP contribution in [0.1, 0.15) is 43.6 Å². The van der Waals surface area contributed by atoms with Gasteiger partial charge in [0.1, 0.15) is 5.76 Å². The molecule has 1 aromatic carbocycles. The molecular formula is C21H23N3O5. The summed E-state index contributed by atoms with van der Waals surface area (Å²) in [6, 6.07) is 12.8. The molecule has 2 aromatic rings. The average Bonchev–Trinajstić information content (AvgIpc) is 3.43. The van der Waals surface area contributed by atoms with E-state index in [1.165, 1.54) is 11.3 Å². The van der Waals surface area contributed by atoms with Gasteiger partial charge in [0.25, 0.3) is 5.91 Å². The molecule has 8 nitrogen and oxygen atoms in total. The summed E-state index contributed by atoms with van der Waals surface area (Å²) in [6.45, 7) is 1.85. The smallest absolute Gasteiger partial charge is 0.306 e. The standard InChI is InChI=1S/C21H23N3O5/c1-15(18-8-5-13-28-18)22-19(25)14-29-21(27)10-9-20(26)24-12-11-17(23-24)16-6-3-2-4-7-16/h2-8,13,15H,9-12,14H2,1H3,(H,22,25). The van der Waals surface area contributed by atoms with Crippen molar-refractivity contribution in [2.45, 2.75) is 32.2 Å². The van der Waals surface area contributed by atoms with Crippen molar-refractivity contribution in [3.63, 3.8) is 0 Å². The van der Waals surface area contributed by atoms with Gasteiger partial charge in [0.15, 0.2) is 6.61 Å². The number of nitrogens with one attached hydrogen (secondary N) is 1. The number of furan rings is 1. The number of benzene rings is 1. The number of nitrogens with zero attached hydrogens (tertiary/aromatic N) is 2. The molecule has 0 fully saturated rings. The third-order valence-electron chi connectivity index (χ3n) is 4.45. The Hall–Kier alpha value is -3.42. The molecule has 1 atom stereocenters. The topological polar surface area (TPSA) is 101 Å². The van der Waals surface area contributed by atoms with Crippen LogP contribution in [-0.2, 0) is 19.1 Å². The Bertz CT molecular complexity index is 877. The first-order chi connectivity index (χ1) is 14.0. The first-order valence-electron chi connectivity index (χ1n) is 9.44. The van der Waals surface area contributed by atoms with E-state index in [4.69, 9.17) is 9.15 Å². The molecule has 29 heavy (non-hydrogen) atoms. The lowest BCUT2D eigenvalue weighted by Gasteiger charge is -2.12. The minimum absolute atomic E-state index is 0.0190. The molecule has 0 saturated heterocycles. The van der Waals surface area contributed by atoms with Crippen molar-refractivity contribution in [3.8, 4) is 0 Å². The summed E-state index contributed by atoms with van der Waals surface area (Å²) in [6.07, 6.45) is 2.07. The van der Waals surface area contributed by atoms with Gasteiger partial charge in [-0.3, -0.25) is 14.4 Å². The summed E-state index contributed by atoms with van der Waals surface area (Å²) >= 11 is 0. The Kier molecular flexibility index (Phi) is 6.78. The van der Waals surface area contributed by atoms with Gasteiger partial charge >= 0.3 is 5.97 Å². The van der Waals surface area contributed by atoms with E-state index in [1.807, 2.05) is 30.3 Å². The summed E-state index contributed by atoms with van der Waals surface area (Å²) in [7, 11) is 0. The van der Waals surface area contributed by atoms with Crippen LogP contribution in [0.3, 0.4) is 0 Å². The number of hydrogen-bond donors (Lipinski definition) is 1. The van der Waals surface area contributed by atoms with Crippen molar-refractivity contribution < 1.29 is 23.5 Å². The van der Waals surface area contributed by atoms with Gasteiger partial charge in [-0.2, -0.15) is 5.10 Å². The highest BCUT2D eigenvalue weighted by atomic mass is 16.5. The van der Waals surface area contributed by atoms with Crippen molar-refractivity contribution >= 4 is 23.5 Å². The zero-order valence-electron chi connectivity index (χ0n) is 16.2. The number of hydrazone groups is 1. The third-order valence-corrected chi connectivity index (χ3v) is 4.45. The fourth-order valence-electron chi connectivity index (χ4n) is 2.92. The highest BCUT2D eigenvalue weighted by Gasteiger charge is 2.22. The molecule has 1 aliphatic heterocycles. The van der Waals surface area contributed by atoms with Gasteiger partial charge in [-0.25, -0.2) is 5.01 Å². The molecule has 1 N–H and O–H groups in total. The Morgan fingerprint density at radius 2 is 1.97 bits per heavy atom. The first kappa shape index (κ1) is 20.3. The zero-order chi connectivity index (χ0) is 20.6. The summed E-state index contributed by atoms with van der Waals surface area (Å²) in [5.74, 6) is -0.684. The van der Waals surface area contributed by atoms with Crippen LogP contribution in [0.25, 0.3) is 0 Å². The van der Waals surface area contributed by atoms with E-state index in [0.29, 0.717) is 18.7 Å². The molecular weight excluding hydrogens is 374 g/mol. The van der Waals surface area contributed by atoms with Gasteiger partial charge in [-0.1, -0.05) is 30.3 Å². The van der Waals surface area contributed by atoms with Crippen LogP contribution in [0, 0.1) is 0 Å². The highest BCUT2D eigenvalue weighted by Crippen LogP contribution is 2.15. The van der Waals surface area contributed by atoms with Crippen molar-refractivity contribution in [1.29, 1.82) is 0 Å². The van der Waals surface area contributed by atoms with Crippen molar-refractivity contribution in [1.82, 2.24) is 10.3 Å². The summed E-state index contributed by atoms with van der Waals surface area (Å²) in [4.78, 5) is 36.0. The van der Waals surface area contributed by atoms with Gasteiger partial charge in [-0.15, -0.1) is 0 Å². The van der Waals surface area contributed by atoms with Gasteiger partial charge < -0.3 is 14.5 Å². The number of ether oxygens (including phenoxy) is 1. The number of hydrogen-bond acceptors (Lipinski definition) is 6. The number of carbonyl (C=O) groups is 3. The molecule has 2 amide bonds. The van der Waals surface area contributed by atoms with E-state index in [1.54, 1.807) is 19.1 Å².